The summed E-state index contributed by atoms with van der Waals surface area (Å²) in [6.07, 6.45) is 2.65. The molecule has 1 aromatic carbocycles. The van der Waals surface area contributed by atoms with Crippen molar-refractivity contribution >= 4 is 10.0 Å². The van der Waals surface area contributed by atoms with Gasteiger partial charge in [-0.3, -0.25) is 4.98 Å². The van der Waals surface area contributed by atoms with Gasteiger partial charge in [-0.15, -0.1) is 0 Å². The summed E-state index contributed by atoms with van der Waals surface area (Å²) in [5, 5.41) is 5.26. The SMILES string of the molecule is COc1cc(OC)c(-c2ccncc2S(N)(=O)=O)c(OC)c1. The van der Waals surface area contributed by atoms with E-state index in [0.717, 1.165) is 0 Å². The predicted molar refractivity (Wildman–Crippen MR) is 80.7 cm³/mol. The zero-order valence-electron chi connectivity index (χ0n) is 12.4. The first-order valence-corrected chi connectivity index (χ1v) is 7.74. The number of rotatable bonds is 5. The van der Waals surface area contributed by atoms with E-state index in [9.17, 15) is 8.42 Å². The van der Waals surface area contributed by atoms with Gasteiger partial charge in [0, 0.05) is 30.1 Å². The van der Waals surface area contributed by atoms with E-state index in [1.807, 2.05) is 0 Å². The first kappa shape index (κ1) is 16.1. The second-order valence-electron chi connectivity index (χ2n) is 4.32. The minimum absolute atomic E-state index is 0.114. The van der Waals surface area contributed by atoms with Crippen molar-refractivity contribution < 1.29 is 22.6 Å². The molecule has 0 spiro atoms. The Morgan fingerprint density at radius 2 is 1.64 bits per heavy atom. The van der Waals surface area contributed by atoms with Crippen molar-refractivity contribution in [3.05, 3.63) is 30.6 Å². The third kappa shape index (κ3) is 2.97. The van der Waals surface area contributed by atoms with Crippen molar-refractivity contribution in [2.24, 2.45) is 5.14 Å². The molecule has 0 bridgehead atoms. The summed E-state index contributed by atoms with van der Waals surface area (Å²) in [6, 6.07) is 4.79. The van der Waals surface area contributed by atoms with Crippen molar-refractivity contribution in [3.63, 3.8) is 0 Å². The Morgan fingerprint density at radius 3 is 2.09 bits per heavy atom. The summed E-state index contributed by atoms with van der Waals surface area (Å²) in [6.45, 7) is 0. The Bertz CT molecular complexity index is 765. The Labute approximate surface area is 128 Å². The second-order valence-corrected chi connectivity index (χ2v) is 5.85. The van der Waals surface area contributed by atoms with Crippen LogP contribution in [0.5, 0.6) is 17.2 Å². The Kier molecular flexibility index (Phi) is 4.53. The number of methoxy groups -OCH3 is 3. The van der Waals surface area contributed by atoms with Crippen molar-refractivity contribution in [2.75, 3.05) is 21.3 Å². The number of nitrogens with two attached hydrogens (primary N) is 1. The van der Waals surface area contributed by atoms with Crippen LogP contribution in [0.15, 0.2) is 35.5 Å². The number of sulfonamides is 1. The third-order valence-corrected chi connectivity index (χ3v) is 4.01. The lowest BCUT2D eigenvalue weighted by Crippen LogP contribution is -2.14. The third-order valence-electron chi connectivity index (χ3n) is 3.08. The number of aromatic nitrogens is 1. The number of ether oxygens (including phenoxy) is 3. The monoisotopic (exact) mass is 324 g/mol. The molecule has 7 nitrogen and oxygen atoms in total. The van der Waals surface area contributed by atoms with Crippen molar-refractivity contribution in [3.8, 4) is 28.4 Å². The quantitative estimate of drug-likeness (QED) is 0.892. The van der Waals surface area contributed by atoms with Crippen LogP contribution in [0.3, 0.4) is 0 Å². The molecule has 0 aliphatic rings. The van der Waals surface area contributed by atoms with Crippen LogP contribution in [-0.4, -0.2) is 34.7 Å². The van der Waals surface area contributed by atoms with E-state index < -0.39 is 10.0 Å². The zero-order chi connectivity index (χ0) is 16.3. The van der Waals surface area contributed by atoms with E-state index in [1.165, 1.54) is 39.8 Å². The lowest BCUT2D eigenvalue weighted by Gasteiger charge is -2.16. The molecule has 118 valence electrons. The molecule has 0 amide bonds. The Morgan fingerprint density at radius 1 is 1.05 bits per heavy atom. The minimum atomic E-state index is -3.95. The van der Waals surface area contributed by atoms with Gasteiger partial charge in [-0.05, 0) is 6.07 Å². The molecule has 0 aliphatic heterocycles. The van der Waals surface area contributed by atoms with Gasteiger partial charge in [-0.25, -0.2) is 13.6 Å². The summed E-state index contributed by atoms with van der Waals surface area (Å²) in [5.41, 5.74) is 0.797. The molecule has 2 aromatic rings. The topological polar surface area (TPSA) is 101 Å². The fourth-order valence-corrected chi connectivity index (χ4v) is 2.77. The summed E-state index contributed by atoms with van der Waals surface area (Å²) >= 11 is 0. The summed E-state index contributed by atoms with van der Waals surface area (Å²) in [5.74, 6) is 1.31. The fourth-order valence-electron chi connectivity index (χ4n) is 2.08. The highest BCUT2D eigenvalue weighted by Gasteiger charge is 2.22. The molecule has 2 rings (SSSR count). The van der Waals surface area contributed by atoms with Crippen LogP contribution < -0.4 is 19.3 Å². The molecule has 0 unspecified atom stereocenters. The number of benzene rings is 1. The fraction of sp³-hybridized carbons (Fsp3) is 0.214. The molecule has 0 fully saturated rings. The van der Waals surface area contributed by atoms with Gasteiger partial charge in [0.15, 0.2) is 0 Å². The summed E-state index contributed by atoms with van der Waals surface area (Å²) in [4.78, 5) is 3.70. The number of hydrogen-bond donors (Lipinski definition) is 1. The van der Waals surface area contributed by atoms with Crippen LogP contribution in [0.2, 0.25) is 0 Å². The highest BCUT2D eigenvalue weighted by Crippen LogP contribution is 2.43. The van der Waals surface area contributed by atoms with E-state index in [-0.39, 0.29) is 4.90 Å². The van der Waals surface area contributed by atoms with Gasteiger partial charge in [-0.2, -0.15) is 0 Å². The molecule has 1 heterocycles. The van der Waals surface area contributed by atoms with Crippen LogP contribution in [-0.2, 0) is 10.0 Å². The van der Waals surface area contributed by atoms with Crippen LogP contribution in [0.25, 0.3) is 11.1 Å². The average Bonchev–Trinajstić information content (AvgIpc) is 2.52. The van der Waals surface area contributed by atoms with Gasteiger partial charge in [-0.1, -0.05) is 0 Å². The van der Waals surface area contributed by atoms with Gasteiger partial charge >= 0.3 is 0 Å². The molecule has 22 heavy (non-hydrogen) atoms. The molecule has 0 radical (unpaired) electrons. The number of primary sulfonamides is 1. The maximum absolute atomic E-state index is 11.8. The lowest BCUT2D eigenvalue weighted by atomic mass is 10.0. The van der Waals surface area contributed by atoms with Gasteiger partial charge in [0.2, 0.25) is 10.0 Å². The van der Waals surface area contributed by atoms with Crippen LogP contribution in [0.4, 0.5) is 0 Å². The van der Waals surface area contributed by atoms with Gasteiger partial charge in [0.1, 0.15) is 22.1 Å². The highest BCUT2D eigenvalue weighted by molar-refractivity contribution is 7.89. The smallest absolute Gasteiger partial charge is 0.240 e. The van der Waals surface area contributed by atoms with Gasteiger partial charge < -0.3 is 14.2 Å². The molecule has 1 aromatic heterocycles. The maximum atomic E-state index is 11.8. The normalized spacial score (nSPS) is 11.1. The number of hydrogen-bond acceptors (Lipinski definition) is 6. The van der Waals surface area contributed by atoms with Gasteiger partial charge in [0.25, 0.3) is 0 Å². The molecule has 2 N–H and O–H groups in total. The first-order valence-electron chi connectivity index (χ1n) is 6.19. The average molecular weight is 324 g/mol. The summed E-state index contributed by atoms with van der Waals surface area (Å²) < 4.78 is 39.4. The Balaban J connectivity index is 2.83. The summed E-state index contributed by atoms with van der Waals surface area (Å²) in [7, 11) is 0.493. The number of nitrogens with zero attached hydrogens (tertiary/aromatic N) is 1. The van der Waals surface area contributed by atoms with E-state index in [2.05, 4.69) is 4.98 Å². The molecule has 0 saturated heterocycles. The predicted octanol–water partition coefficient (Wildman–Crippen LogP) is 1.42. The standard InChI is InChI=1S/C14H16N2O5S/c1-19-9-6-11(20-2)14(12(7-9)21-3)10-4-5-16-8-13(10)22(15,17)18/h4-8H,1-3H3,(H2,15,17,18). The van der Waals surface area contributed by atoms with Crippen molar-refractivity contribution in [1.82, 2.24) is 4.98 Å². The van der Waals surface area contributed by atoms with E-state index >= 15 is 0 Å². The van der Waals surface area contributed by atoms with E-state index in [0.29, 0.717) is 28.4 Å². The lowest BCUT2D eigenvalue weighted by molar-refractivity contribution is 0.377. The van der Waals surface area contributed by atoms with Crippen molar-refractivity contribution in [1.29, 1.82) is 0 Å². The second kappa shape index (κ2) is 6.20. The molecule has 8 heteroatoms. The zero-order valence-corrected chi connectivity index (χ0v) is 13.2. The molecular weight excluding hydrogens is 308 g/mol. The van der Waals surface area contributed by atoms with Crippen LogP contribution >= 0.6 is 0 Å². The van der Waals surface area contributed by atoms with Crippen LogP contribution in [0.1, 0.15) is 0 Å². The largest absolute Gasteiger partial charge is 0.496 e. The highest BCUT2D eigenvalue weighted by atomic mass is 32.2. The van der Waals surface area contributed by atoms with Gasteiger partial charge in [0.05, 0.1) is 26.9 Å². The molecule has 0 saturated carbocycles. The first-order chi connectivity index (χ1) is 10.4. The minimum Gasteiger partial charge on any atom is -0.496 e. The Hall–Kier alpha value is -2.32. The maximum Gasteiger partial charge on any atom is 0.240 e. The van der Waals surface area contributed by atoms with Crippen molar-refractivity contribution in [2.45, 2.75) is 4.90 Å². The molecule has 0 atom stereocenters. The van der Waals surface area contributed by atoms with Crippen LogP contribution in [0, 0.1) is 0 Å². The number of pyridine rings is 1. The molecular formula is C14H16N2O5S. The van der Waals surface area contributed by atoms with E-state index in [1.54, 1.807) is 12.1 Å². The van der Waals surface area contributed by atoms with E-state index in [4.69, 9.17) is 19.3 Å². The molecule has 0 aliphatic carbocycles.